The van der Waals surface area contributed by atoms with Crippen molar-refractivity contribution in [3.8, 4) is 23.2 Å². The van der Waals surface area contributed by atoms with E-state index < -0.39 is 0 Å². The standard InChI is InChI=1S/C14H13N3O/c1-10(2)18-13-5-3-12(4-6-13)14-16-8-11(7-15)9-17-14/h3-6,8-10H,1-2H3. The van der Waals surface area contributed by atoms with Gasteiger partial charge in [-0.3, -0.25) is 0 Å². The van der Waals surface area contributed by atoms with Crippen LogP contribution in [0.5, 0.6) is 5.75 Å². The van der Waals surface area contributed by atoms with Crippen molar-refractivity contribution in [1.82, 2.24) is 9.97 Å². The molecule has 0 amide bonds. The molecule has 2 rings (SSSR count). The van der Waals surface area contributed by atoms with Crippen LogP contribution in [-0.2, 0) is 0 Å². The highest BCUT2D eigenvalue weighted by Crippen LogP contribution is 2.19. The van der Waals surface area contributed by atoms with Crippen LogP contribution < -0.4 is 4.74 Å². The molecule has 0 radical (unpaired) electrons. The summed E-state index contributed by atoms with van der Waals surface area (Å²) in [5.74, 6) is 1.42. The Morgan fingerprint density at radius 1 is 1.11 bits per heavy atom. The fourth-order valence-electron chi connectivity index (χ4n) is 1.49. The highest BCUT2D eigenvalue weighted by atomic mass is 16.5. The van der Waals surface area contributed by atoms with E-state index >= 15 is 0 Å². The molecule has 0 unspecified atom stereocenters. The van der Waals surface area contributed by atoms with Crippen molar-refractivity contribution in [1.29, 1.82) is 5.26 Å². The number of rotatable bonds is 3. The van der Waals surface area contributed by atoms with Crippen LogP contribution in [0.3, 0.4) is 0 Å². The molecular formula is C14H13N3O. The van der Waals surface area contributed by atoms with Crippen LogP contribution >= 0.6 is 0 Å². The Hall–Kier alpha value is -2.41. The fraction of sp³-hybridized carbons (Fsp3) is 0.214. The van der Waals surface area contributed by atoms with Crippen molar-refractivity contribution in [2.75, 3.05) is 0 Å². The number of benzene rings is 1. The summed E-state index contributed by atoms with van der Waals surface area (Å²) >= 11 is 0. The van der Waals surface area contributed by atoms with Gasteiger partial charge in [-0.05, 0) is 38.1 Å². The maximum absolute atomic E-state index is 8.67. The molecule has 90 valence electrons. The lowest BCUT2D eigenvalue weighted by atomic mass is 10.2. The van der Waals surface area contributed by atoms with Gasteiger partial charge in [-0.2, -0.15) is 5.26 Å². The van der Waals surface area contributed by atoms with Crippen LogP contribution in [0.4, 0.5) is 0 Å². The summed E-state index contributed by atoms with van der Waals surface area (Å²) in [5, 5.41) is 8.67. The lowest BCUT2D eigenvalue weighted by Gasteiger charge is -2.09. The lowest BCUT2D eigenvalue weighted by molar-refractivity contribution is 0.242. The van der Waals surface area contributed by atoms with Gasteiger partial charge in [-0.1, -0.05) is 0 Å². The SMILES string of the molecule is CC(C)Oc1ccc(-c2ncc(C#N)cn2)cc1. The molecule has 0 spiro atoms. The van der Waals surface area contributed by atoms with E-state index in [2.05, 4.69) is 9.97 Å². The van der Waals surface area contributed by atoms with Gasteiger partial charge in [-0.15, -0.1) is 0 Å². The molecule has 0 saturated heterocycles. The molecule has 0 aliphatic carbocycles. The van der Waals surface area contributed by atoms with Crippen LogP contribution in [0, 0.1) is 11.3 Å². The van der Waals surface area contributed by atoms with E-state index in [1.807, 2.05) is 44.2 Å². The molecular weight excluding hydrogens is 226 g/mol. The van der Waals surface area contributed by atoms with Gasteiger partial charge in [0.05, 0.1) is 11.7 Å². The Morgan fingerprint density at radius 2 is 1.72 bits per heavy atom. The highest BCUT2D eigenvalue weighted by Gasteiger charge is 2.02. The zero-order chi connectivity index (χ0) is 13.0. The molecule has 2 aromatic rings. The number of nitriles is 1. The number of hydrogen-bond donors (Lipinski definition) is 0. The number of ether oxygens (including phenoxy) is 1. The van der Waals surface area contributed by atoms with E-state index in [-0.39, 0.29) is 6.10 Å². The van der Waals surface area contributed by atoms with Crippen molar-refractivity contribution in [3.63, 3.8) is 0 Å². The fourth-order valence-corrected chi connectivity index (χ4v) is 1.49. The molecule has 0 aliphatic heterocycles. The third-order valence-corrected chi connectivity index (χ3v) is 2.27. The maximum atomic E-state index is 8.67. The molecule has 1 heterocycles. The molecule has 1 aromatic carbocycles. The molecule has 0 aliphatic rings. The third-order valence-electron chi connectivity index (χ3n) is 2.27. The normalized spacial score (nSPS) is 10.1. The molecule has 1 aromatic heterocycles. The molecule has 0 N–H and O–H groups in total. The summed E-state index contributed by atoms with van der Waals surface area (Å²) in [5.41, 5.74) is 1.36. The van der Waals surface area contributed by atoms with Crippen molar-refractivity contribution in [3.05, 3.63) is 42.2 Å². The summed E-state index contributed by atoms with van der Waals surface area (Å²) in [6.45, 7) is 3.97. The molecule has 4 nitrogen and oxygen atoms in total. The largest absolute Gasteiger partial charge is 0.491 e. The molecule has 0 bridgehead atoms. The summed E-state index contributed by atoms with van der Waals surface area (Å²) < 4.78 is 5.56. The first-order valence-electron chi connectivity index (χ1n) is 5.68. The van der Waals surface area contributed by atoms with Gasteiger partial charge in [-0.25, -0.2) is 9.97 Å². The van der Waals surface area contributed by atoms with E-state index in [0.717, 1.165) is 11.3 Å². The summed E-state index contributed by atoms with van der Waals surface area (Å²) in [6.07, 6.45) is 3.18. The zero-order valence-electron chi connectivity index (χ0n) is 10.3. The number of hydrogen-bond acceptors (Lipinski definition) is 4. The van der Waals surface area contributed by atoms with Gasteiger partial charge in [0, 0.05) is 18.0 Å². The zero-order valence-corrected chi connectivity index (χ0v) is 10.3. The Bertz CT molecular complexity index is 553. The van der Waals surface area contributed by atoms with Crippen LogP contribution in [0.2, 0.25) is 0 Å². The number of aromatic nitrogens is 2. The van der Waals surface area contributed by atoms with Crippen molar-refractivity contribution in [2.24, 2.45) is 0 Å². The smallest absolute Gasteiger partial charge is 0.159 e. The highest BCUT2D eigenvalue weighted by molar-refractivity contribution is 5.56. The predicted molar refractivity (Wildman–Crippen MR) is 67.9 cm³/mol. The minimum Gasteiger partial charge on any atom is -0.491 e. The second-order valence-electron chi connectivity index (χ2n) is 4.10. The van der Waals surface area contributed by atoms with Gasteiger partial charge < -0.3 is 4.74 Å². The summed E-state index contributed by atoms with van der Waals surface area (Å²) in [7, 11) is 0. The van der Waals surface area contributed by atoms with Gasteiger partial charge in [0.1, 0.15) is 11.8 Å². The summed E-state index contributed by atoms with van der Waals surface area (Å²) in [4.78, 5) is 8.27. The van der Waals surface area contributed by atoms with Gasteiger partial charge in [0.2, 0.25) is 0 Å². The first kappa shape index (κ1) is 12.1. The Kier molecular flexibility index (Phi) is 3.54. The quantitative estimate of drug-likeness (QED) is 0.826. The van der Waals surface area contributed by atoms with Gasteiger partial charge >= 0.3 is 0 Å². The first-order chi connectivity index (χ1) is 8.69. The van der Waals surface area contributed by atoms with E-state index in [0.29, 0.717) is 11.4 Å². The average molecular weight is 239 g/mol. The summed E-state index contributed by atoms with van der Waals surface area (Å²) in [6, 6.07) is 9.57. The van der Waals surface area contributed by atoms with E-state index in [4.69, 9.17) is 10.00 Å². The molecule has 0 fully saturated rings. The molecule has 4 heteroatoms. The first-order valence-corrected chi connectivity index (χ1v) is 5.68. The van der Waals surface area contributed by atoms with Crippen LogP contribution in [-0.4, -0.2) is 16.1 Å². The minimum atomic E-state index is 0.155. The Balaban J connectivity index is 2.20. The van der Waals surface area contributed by atoms with E-state index in [1.54, 1.807) is 0 Å². The lowest BCUT2D eigenvalue weighted by Crippen LogP contribution is -2.05. The topological polar surface area (TPSA) is 58.8 Å². The monoisotopic (exact) mass is 239 g/mol. The van der Waals surface area contributed by atoms with Crippen LogP contribution in [0.1, 0.15) is 19.4 Å². The third kappa shape index (κ3) is 2.83. The van der Waals surface area contributed by atoms with Crippen molar-refractivity contribution in [2.45, 2.75) is 20.0 Å². The molecule has 0 saturated carbocycles. The van der Waals surface area contributed by atoms with Crippen molar-refractivity contribution < 1.29 is 4.74 Å². The Morgan fingerprint density at radius 3 is 2.22 bits per heavy atom. The molecule has 0 atom stereocenters. The van der Waals surface area contributed by atoms with Gasteiger partial charge in [0.15, 0.2) is 5.82 Å². The average Bonchev–Trinajstić information content (AvgIpc) is 2.39. The number of nitrogens with zero attached hydrogens (tertiary/aromatic N) is 3. The maximum Gasteiger partial charge on any atom is 0.159 e. The van der Waals surface area contributed by atoms with E-state index in [9.17, 15) is 0 Å². The van der Waals surface area contributed by atoms with Crippen LogP contribution in [0.25, 0.3) is 11.4 Å². The second kappa shape index (κ2) is 5.28. The van der Waals surface area contributed by atoms with Gasteiger partial charge in [0.25, 0.3) is 0 Å². The Labute approximate surface area is 106 Å². The van der Waals surface area contributed by atoms with E-state index in [1.165, 1.54) is 12.4 Å². The van der Waals surface area contributed by atoms with Crippen molar-refractivity contribution >= 4 is 0 Å². The predicted octanol–water partition coefficient (Wildman–Crippen LogP) is 2.80. The van der Waals surface area contributed by atoms with Crippen LogP contribution in [0.15, 0.2) is 36.7 Å². The minimum absolute atomic E-state index is 0.155. The molecule has 18 heavy (non-hydrogen) atoms. The second-order valence-corrected chi connectivity index (χ2v) is 4.10.